The lowest BCUT2D eigenvalue weighted by Crippen LogP contribution is -2.36. The average molecular weight is 774 g/mol. The third-order valence-corrected chi connectivity index (χ3v) is 12.3. The molecule has 0 radical (unpaired) electrons. The van der Waals surface area contributed by atoms with Crippen molar-refractivity contribution in [2.75, 3.05) is 66.9 Å². The molecule has 3 aromatic rings. The molecule has 4 rings (SSSR count). The summed E-state index contributed by atoms with van der Waals surface area (Å²) < 4.78 is 49.0. The smallest absolute Gasteiger partial charge is 0.247 e. The van der Waals surface area contributed by atoms with Crippen molar-refractivity contribution in [2.45, 2.75) is 45.9 Å². The Morgan fingerprint density at radius 1 is 0.852 bits per heavy atom. The van der Waals surface area contributed by atoms with Crippen molar-refractivity contribution in [1.29, 1.82) is 0 Å². The van der Waals surface area contributed by atoms with Crippen molar-refractivity contribution in [3.63, 3.8) is 0 Å². The number of rotatable bonds is 17. The van der Waals surface area contributed by atoms with Crippen LogP contribution in [0.3, 0.4) is 0 Å². The maximum absolute atomic E-state index is 13.5. The molecule has 2 heterocycles. The zero-order chi connectivity index (χ0) is 39.2. The fraction of sp³-hybridized carbons (Fsp3) is 0.415. The van der Waals surface area contributed by atoms with E-state index in [0.717, 1.165) is 29.0 Å². The number of allylic oxidation sites excluding steroid dienone is 2. The van der Waals surface area contributed by atoms with Gasteiger partial charge in [0.1, 0.15) is 16.6 Å². The maximum Gasteiger partial charge on any atom is 0.247 e. The van der Waals surface area contributed by atoms with Gasteiger partial charge in [-0.25, -0.2) is 9.97 Å². The zero-order valence-corrected chi connectivity index (χ0v) is 34.3. The summed E-state index contributed by atoms with van der Waals surface area (Å²) in [4.78, 5) is 11.7. The van der Waals surface area contributed by atoms with Crippen LogP contribution in [0.5, 0.6) is 5.75 Å². The number of nitrogens with two attached hydrogens (primary N) is 1. The number of nitrogens with zero attached hydrogens (tertiary/aromatic N) is 3. The van der Waals surface area contributed by atoms with Crippen LogP contribution in [0.2, 0.25) is 0 Å². The van der Waals surface area contributed by atoms with Crippen LogP contribution in [0.4, 0.5) is 0 Å². The van der Waals surface area contributed by atoms with E-state index in [0.29, 0.717) is 80.2 Å². The molecule has 0 fully saturated rings. The van der Waals surface area contributed by atoms with Crippen molar-refractivity contribution in [3.8, 4) is 29.4 Å². The van der Waals surface area contributed by atoms with Crippen LogP contribution in [-0.2, 0) is 36.0 Å². The van der Waals surface area contributed by atoms with E-state index in [-0.39, 0.29) is 5.60 Å². The third kappa shape index (κ3) is 12.9. The number of nitrogens with one attached hydrogen (secondary N) is 1. The molecular weight excluding hydrogens is 720 g/mol. The van der Waals surface area contributed by atoms with Gasteiger partial charge in [-0.2, -0.15) is 0 Å². The van der Waals surface area contributed by atoms with Crippen LogP contribution in [0.25, 0.3) is 0 Å². The van der Waals surface area contributed by atoms with Gasteiger partial charge in [-0.3, -0.25) is 14.0 Å². The quantitative estimate of drug-likeness (QED) is 0.106. The van der Waals surface area contributed by atoms with Crippen molar-refractivity contribution in [3.05, 3.63) is 100 Å². The fourth-order valence-corrected chi connectivity index (χ4v) is 8.18. The van der Waals surface area contributed by atoms with Crippen molar-refractivity contribution in [1.82, 2.24) is 20.2 Å². The fourth-order valence-electron chi connectivity index (χ4n) is 5.56. The van der Waals surface area contributed by atoms with Crippen molar-refractivity contribution >= 4 is 25.6 Å². The highest BCUT2D eigenvalue weighted by atomic mass is 31.2. The van der Waals surface area contributed by atoms with Crippen LogP contribution in [-0.4, -0.2) is 87.4 Å². The van der Waals surface area contributed by atoms with Crippen LogP contribution in [0.15, 0.2) is 72.3 Å². The Bertz CT molecular complexity index is 2030. The Balaban J connectivity index is 1.50. The van der Waals surface area contributed by atoms with Crippen LogP contribution >= 0.6 is 14.7 Å². The topological polar surface area (TPSA) is 138 Å². The first-order valence-corrected chi connectivity index (χ1v) is 22.2. The van der Waals surface area contributed by atoms with Crippen LogP contribution in [0, 0.1) is 23.7 Å². The number of pyridine rings is 2. The van der Waals surface area contributed by atoms with Crippen molar-refractivity contribution < 1.29 is 27.7 Å². The van der Waals surface area contributed by atoms with Crippen molar-refractivity contribution in [2.24, 2.45) is 5.73 Å². The SMILES string of the molecule is CCOP(C)(=O)c1cc(C#Cc2ccc(OC)cc2)cc(CNCCN(CCN)Cc2cc(C#CC3=CCC(C)(OC)C=C3)cc(P(C)(=O)OCC)n2)n1. The zero-order valence-electron chi connectivity index (χ0n) is 32.5. The molecule has 0 amide bonds. The highest BCUT2D eigenvalue weighted by molar-refractivity contribution is 7.66. The summed E-state index contributed by atoms with van der Waals surface area (Å²) in [5, 5.41) is 3.46. The highest BCUT2D eigenvalue weighted by Gasteiger charge is 2.24. The van der Waals surface area contributed by atoms with Gasteiger partial charge in [0.25, 0.3) is 0 Å². The Morgan fingerprint density at radius 3 is 2.00 bits per heavy atom. The normalized spacial score (nSPS) is 17.4. The first kappa shape index (κ1) is 42.9. The second kappa shape index (κ2) is 20.2. The van der Waals surface area contributed by atoms with Gasteiger partial charge in [0.05, 0.1) is 37.3 Å². The number of methoxy groups -OCH3 is 2. The molecule has 0 bridgehead atoms. The Kier molecular flexibility index (Phi) is 16.0. The van der Waals surface area contributed by atoms with Gasteiger partial charge in [-0.05, 0) is 81.8 Å². The van der Waals surface area contributed by atoms with Gasteiger partial charge in [-0.15, -0.1) is 0 Å². The van der Waals surface area contributed by atoms with E-state index in [2.05, 4.69) is 40.0 Å². The molecule has 1 aromatic carbocycles. The van der Waals surface area contributed by atoms with Crippen LogP contribution < -0.4 is 26.7 Å². The maximum atomic E-state index is 13.5. The summed E-state index contributed by atoms with van der Waals surface area (Å²) in [7, 11) is -3.01. The summed E-state index contributed by atoms with van der Waals surface area (Å²) in [6.07, 6.45) is 6.76. The van der Waals surface area contributed by atoms with Gasteiger partial charge < -0.3 is 29.6 Å². The molecule has 0 saturated heterocycles. The minimum atomic E-state index is -3.18. The predicted octanol–water partition coefficient (Wildman–Crippen LogP) is 5.22. The Labute approximate surface area is 321 Å². The molecule has 3 atom stereocenters. The van der Waals surface area contributed by atoms with E-state index >= 15 is 0 Å². The number of hydrogen-bond donors (Lipinski definition) is 2. The van der Waals surface area contributed by atoms with Gasteiger partial charge in [-0.1, -0.05) is 35.8 Å². The van der Waals surface area contributed by atoms with E-state index in [1.54, 1.807) is 39.7 Å². The molecule has 2 aromatic heterocycles. The average Bonchev–Trinajstić information content (AvgIpc) is 3.15. The highest BCUT2D eigenvalue weighted by Crippen LogP contribution is 2.41. The molecule has 54 heavy (non-hydrogen) atoms. The molecule has 0 aliphatic heterocycles. The largest absolute Gasteiger partial charge is 0.497 e. The lowest BCUT2D eigenvalue weighted by Gasteiger charge is -2.25. The summed E-state index contributed by atoms with van der Waals surface area (Å²) in [6.45, 7) is 12.6. The second-order valence-electron chi connectivity index (χ2n) is 13.1. The van der Waals surface area contributed by atoms with E-state index < -0.39 is 14.7 Å². The molecule has 3 N–H and O–H groups in total. The van der Waals surface area contributed by atoms with Crippen LogP contribution in [0.1, 0.15) is 55.3 Å². The summed E-state index contributed by atoms with van der Waals surface area (Å²) in [5.41, 5.74) is 11.0. The minimum Gasteiger partial charge on any atom is -0.497 e. The molecule has 1 aliphatic carbocycles. The monoisotopic (exact) mass is 773 g/mol. The number of aromatic nitrogens is 2. The van der Waals surface area contributed by atoms with Gasteiger partial charge in [0.2, 0.25) is 14.7 Å². The lowest BCUT2D eigenvalue weighted by molar-refractivity contribution is 0.0504. The molecule has 0 spiro atoms. The first-order valence-electron chi connectivity index (χ1n) is 18.0. The Morgan fingerprint density at radius 2 is 1.44 bits per heavy atom. The standard InChI is InChI=1S/C41H53N5O6P2/c1-8-51-53(6,47)39-28-34(12-10-32-14-16-38(49-4)17-15-32)26-36(44-39)30-43-23-25-46(24-22-42)31-37-27-35(29-40(45-37)54(7,48)52-9-2)13-11-33-18-20-41(3,50-5)21-19-33/h14-20,26-29,43H,8-9,21-25,30-31,42H2,1-7H3. The molecule has 288 valence electrons. The summed E-state index contributed by atoms with van der Waals surface area (Å²) >= 11 is 0. The number of benzene rings is 1. The molecule has 11 nitrogen and oxygen atoms in total. The molecule has 0 saturated carbocycles. The molecule has 13 heteroatoms. The van der Waals surface area contributed by atoms with E-state index in [4.69, 9.17) is 34.2 Å². The van der Waals surface area contributed by atoms with Gasteiger partial charge in [0, 0.05) is 82.0 Å². The summed E-state index contributed by atoms with van der Waals surface area (Å²) in [6, 6.07) is 14.8. The Hall–Kier alpha value is -3.86. The van der Waals surface area contributed by atoms with Gasteiger partial charge >= 0.3 is 0 Å². The van der Waals surface area contributed by atoms with Gasteiger partial charge in [0.15, 0.2) is 0 Å². The lowest BCUT2D eigenvalue weighted by atomic mass is 9.94. The summed E-state index contributed by atoms with van der Waals surface area (Å²) in [5.74, 6) is 13.6. The molecular formula is C41H53N5O6P2. The van der Waals surface area contributed by atoms with E-state index in [9.17, 15) is 9.13 Å². The number of ether oxygens (including phenoxy) is 2. The van der Waals surface area contributed by atoms with E-state index in [1.165, 1.54) is 0 Å². The predicted molar refractivity (Wildman–Crippen MR) is 217 cm³/mol. The second-order valence-corrected chi connectivity index (χ2v) is 17.9. The molecule has 1 aliphatic rings. The third-order valence-electron chi connectivity index (χ3n) is 8.66. The number of hydrogen-bond acceptors (Lipinski definition) is 11. The van der Waals surface area contributed by atoms with E-state index in [1.807, 2.05) is 69.3 Å². The first-order chi connectivity index (χ1) is 25.8. The molecule has 3 unspecified atom stereocenters. The minimum absolute atomic E-state index is 0.303.